The van der Waals surface area contributed by atoms with Gasteiger partial charge in [-0.1, -0.05) is 12.1 Å². The zero-order valence-corrected chi connectivity index (χ0v) is 12.6. The number of ether oxygens (including phenoxy) is 2. The average Bonchev–Trinajstić information content (AvgIpc) is 2.45. The van der Waals surface area contributed by atoms with Gasteiger partial charge in [-0.3, -0.25) is 4.79 Å². The Bertz CT molecular complexity index is 462. The Morgan fingerprint density at radius 3 is 3.00 bits per heavy atom. The number of halogens is 2. The number of amides is 1. The van der Waals surface area contributed by atoms with Crippen LogP contribution in [0.4, 0.5) is 4.39 Å². The van der Waals surface area contributed by atoms with E-state index in [9.17, 15) is 9.18 Å². The van der Waals surface area contributed by atoms with Crippen LogP contribution < -0.4 is 15.4 Å². The number of para-hydroxylation sites is 1. The molecule has 0 spiro atoms. The molecule has 2 rings (SSSR count). The van der Waals surface area contributed by atoms with Crippen molar-refractivity contribution in [2.24, 2.45) is 0 Å². The summed E-state index contributed by atoms with van der Waals surface area (Å²) >= 11 is 0. The third-order valence-corrected chi connectivity index (χ3v) is 3.09. The SMILES string of the molecule is C[C@H]1OCCN[C@@H]1C(=O)NCCOc1ccccc1F.Cl. The normalized spacial score (nSPS) is 21.2. The number of nitrogens with one attached hydrogen (secondary N) is 2. The van der Waals surface area contributed by atoms with Crippen LogP contribution in [0.2, 0.25) is 0 Å². The van der Waals surface area contributed by atoms with Gasteiger partial charge in [0.15, 0.2) is 11.6 Å². The Kier molecular flexibility index (Phi) is 7.42. The van der Waals surface area contributed by atoms with Gasteiger partial charge in [0, 0.05) is 6.54 Å². The van der Waals surface area contributed by atoms with E-state index in [1.165, 1.54) is 6.07 Å². The summed E-state index contributed by atoms with van der Waals surface area (Å²) < 4.78 is 23.9. The Labute approximate surface area is 129 Å². The maximum absolute atomic E-state index is 13.3. The van der Waals surface area contributed by atoms with E-state index in [0.717, 1.165) is 0 Å². The molecule has 2 atom stereocenters. The van der Waals surface area contributed by atoms with Gasteiger partial charge in [-0.05, 0) is 19.1 Å². The molecule has 2 N–H and O–H groups in total. The molecule has 1 amide bonds. The molecule has 0 aliphatic carbocycles. The minimum atomic E-state index is -0.408. The largest absolute Gasteiger partial charge is 0.489 e. The van der Waals surface area contributed by atoms with Crippen molar-refractivity contribution in [3.63, 3.8) is 0 Å². The van der Waals surface area contributed by atoms with Crippen LogP contribution in [0, 0.1) is 5.82 Å². The maximum Gasteiger partial charge on any atom is 0.239 e. The van der Waals surface area contributed by atoms with Crippen LogP contribution in [0.25, 0.3) is 0 Å². The molecule has 1 saturated heterocycles. The second kappa shape index (κ2) is 8.81. The number of hydrogen-bond acceptors (Lipinski definition) is 4. The zero-order valence-electron chi connectivity index (χ0n) is 11.8. The van der Waals surface area contributed by atoms with Gasteiger partial charge in [0.2, 0.25) is 5.91 Å². The van der Waals surface area contributed by atoms with Crippen molar-refractivity contribution in [1.29, 1.82) is 0 Å². The highest BCUT2D eigenvalue weighted by molar-refractivity contribution is 5.85. The van der Waals surface area contributed by atoms with E-state index in [2.05, 4.69) is 10.6 Å². The lowest BCUT2D eigenvalue weighted by atomic mass is 10.1. The molecule has 5 nitrogen and oxygen atoms in total. The molecule has 118 valence electrons. The van der Waals surface area contributed by atoms with E-state index in [0.29, 0.717) is 19.7 Å². The van der Waals surface area contributed by atoms with Crippen molar-refractivity contribution in [2.75, 3.05) is 26.3 Å². The lowest BCUT2D eigenvalue weighted by molar-refractivity contribution is -0.129. The third-order valence-electron chi connectivity index (χ3n) is 3.09. The van der Waals surface area contributed by atoms with Crippen molar-refractivity contribution in [1.82, 2.24) is 10.6 Å². The average molecular weight is 319 g/mol. The van der Waals surface area contributed by atoms with Gasteiger partial charge < -0.3 is 20.1 Å². The topological polar surface area (TPSA) is 59.6 Å². The van der Waals surface area contributed by atoms with Gasteiger partial charge in [-0.2, -0.15) is 0 Å². The second-order valence-corrected chi connectivity index (χ2v) is 4.58. The molecular weight excluding hydrogens is 299 g/mol. The van der Waals surface area contributed by atoms with Crippen LogP contribution in [0.3, 0.4) is 0 Å². The molecule has 0 aromatic heterocycles. The summed E-state index contributed by atoms with van der Waals surface area (Å²) in [5.41, 5.74) is 0. The number of benzene rings is 1. The fraction of sp³-hybridized carbons (Fsp3) is 0.500. The van der Waals surface area contributed by atoms with Gasteiger partial charge >= 0.3 is 0 Å². The molecule has 1 aliphatic rings. The number of hydrogen-bond donors (Lipinski definition) is 2. The fourth-order valence-corrected chi connectivity index (χ4v) is 2.03. The summed E-state index contributed by atoms with van der Waals surface area (Å²) in [5, 5.41) is 5.84. The van der Waals surface area contributed by atoms with Crippen LogP contribution in [0.1, 0.15) is 6.92 Å². The van der Waals surface area contributed by atoms with E-state index in [1.54, 1.807) is 18.2 Å². The molecular formula is C14H20ClFN2O3. The van der Waals surface area contributed by atoms with Crippen LogP contribution in [-0.4, -0.2) is 44.4 Å². The molecule has 0 radical (unpaired) electrons. The van der Waals surface area contributed by atoms with E-state index in [-0.39, 0.29) is 42.8 Å². The van der Waals surface area contributed by atoms with Gasteiger partial charge in [0.25, 0.3) is 0 Å². The maximum atomic E-state index is 13.3. The van der Waals surface area contributed by atoms with Crippen LogP contribution in [0.15, 0.2) is 24.3 Å². The van der Waals surface area contributed by atoms with Crippen LogP contribution >= 0.6 is 12.4 Å². The molecule has 0 saturated carbocycles. The Morgan fingerprint density at radius 2 is 2.29 bits per heavy atom. The second-order valence-electron chi connectivity index (χ2n) is 4.58. The monoisotopic (exact) mass is 318 g/mol. The Hall–Kier alpha value is -1.37. The Balaban J connectivity index is 0.00000220. The summed E-state index contributed by atoms with van der Waals surface area (Å²) in [6.45, 7) is 3.66. The van der Waals surface area contributed by atoms with Crippen molar-refractivity contribution < 1.29 is 18.7 Å². The minimum Gasteiger partial charge on any atom is -0.489 e. The van der Waals surface area contributed by atoms with Crippen LogP contribution in [-0.2, 0) is 9.53 Å². The molecule has 1 aliphatic heterocycles. The van der Waals surface area contributed by atoms with Crippen molar-refractivity contribution in [2.45, 2.75) is 19.1 Å². The first-order valence-electron chi connectivity index (χ1n) is 6.68. The van der Waals surface area contributed by atoms with Crippen LogP contribution in [0.5, 0.6) is 5.75 Å². The van der Waals surface area contributed by atoms with Crippen molar-refractivity contribution >= 4 is 18.3 Å². The lowest BCUT2D eigenvalue weighted by Crippen LogP contribution is -2.55. The summed E-state index contributed by atoms with van der Waals surface area (Å²) in [7, 11) is 0. The van der Waals surface area contributed by atoms with Crippen molar-refractivity contribution in [3.05, 3.63) is 30.1 Å². The fourth-order valence-electron chi connectivity index (χ4n) is 2.03. The minimum absolute atomic E-state index is 0. The standard InChI is InChI=1S/C14H19FN2O3.ClH/c1-10-13(16-6-8-19-10)14(18)17-7-9-20-12-5-3-2-4-11(12)15;/h2-5,10,13,16H,6-9H2,1H3,(H,17,18);1H/t10-,13+;/m1./s1. The number of morpholine rings is 1. The molecule has 1 aromatic carbocycles. The summed E-state index contributed by atoms with van der Waals surface area (Å²) in [4.78, 5) is 11.9. The first-order valence-corrected chi connectivity index (χ1v) is 6.68. The quantitative estimate of drug-likeness (QED) is 0.799. The van der Waals surface area contributed by atoms with E-state index in [1.807, 2.05) is 6.92 Å². The Morgan fingerprint density at radius 1 is 1.52 bits per heavy atom. The molecule has 21 heavy (non-hydrogen) atoms. The number of carbonyl (C=O) groups excluding carboxylic acids is 1. The summed E-state index contributed by atoms with van der Waals surface area (Å²) in [6.07, 6.45) is -0.156. The highest BCUT2D eigenvalue weighted by Crippen LogP contribution is 2.14. The molecule has 0 bridgehead atoms. The first-order chi connectivity index (χ1) is 9.68. The third kappa shape index (κ3) is 5.15. The first kappa shape index (κ1) is 17.7. The van der Waals surface area contributed by atoms with E-state index in [4.69, 9.17) is 9.47 Å². The van der Waals surface area contributed by atoms with Gasteiger partial charge in [-0.15, -0.1) is 12.4 Å². The van der Waals surface area contributed by atoms with Gasteiger partial charge in [-0.25, -0.2) is 4.39 Å². The number of rotatable bonds is 5. The predicted octanol–water partition coefficient (Wildman–Crippen LogP) is 1.12. The molecule has 1 fully saturated rings. The number of carbonyl (C=O) groups is 1. The van der Waals surface area contributed by atoms with E-state index < -0.39 is 5.82 Å². The van der Waals surface area contributed by atoms with E-state index >= 15 is 0 Å². The van der Waals surface area contributed by atoms with Gasteiger partial charge in [0.1, 0.15) is 12.6 Å². The molecule has 1 aromatic rings. The summed E-state index contributed by atoms with van der Waals surface area (Å²) in [6, 6.07) is 5.83. The summed E-state index contributed by atoms with van der Waals surface area (Å²) in [5.74, 6) is -0.349. The smallest absolute Gasteiger partial charge is 0.239 e. The van der Waals surface area contributed by atoms with Gasteiger partial charge in [0.05, 0.1) is 19.3 Å². The van der Waals surface area contributed by atoms with Crippen molar-refractivity contribution in [3.8, 4) is 5.75 Å². The highest BCUT2D eigenvalue weighted by Gasteiger charge is 2.27. The zero-order chi connectivity index (χ0) is 14.4. The lowest BCUT2D eigenvalue weighted by Gasteiger charge is -2.29. The molecule has 0 unspecified atom stereocenters. The predicted molar refractivity (Wildman–Crippen MR) is 79.4 cm³/mol. The molecule has 1 heterocycles. The molecule has 7 heteroatoms. The highest BCUT2D eigenvalue weighted by atomic mass is 35.5.